The summed E-state index contributed by atoms with van der Waals surface area (Å²) in [5.74, 6) is -0.0449. The molecule has 2 atom stereocenters. The van der Waals surface area contributed by atoms with Gasteiger partial charge in [-0.25, -0.2) is 9.78 Å². The Kier molecular flexibility index (Phi) is 8.56. The molecule has 3 amide bonds. The average Bonchev–Trinajstić information content (AvgIpc) is 3.51. The molecule has 6 rings (SSSR count). The number of H-pyrrole nitrogens is 1. The maximum Gasteiger partial charge on any atom is 0.327 e. The highest BCUT2D eigenvalue weighted by molar-refractivity contribution is 8.01. The highest BCUT2D eigenvalue weighted by atomic mass is 32.2. The number of aromatic amines is 1. The molecule has 234 valence electrons. The van der Waals surface area contributed by atoms with Gasteiger partial charge in [-0.05, 0) is 42.9 Å². The quantitative estimate of drug-likeness (QED) is 0.416. The van der Waals surface area contributed by atoms with Crippen LogP contribution in [0.1, 0.15) is 63.4 Å². The number of likely N-dealkylation sites (tertiary alicyclic amines) is 1. The van der Waals surface area contributed by atoms with E-state index in [2.05, 4.69) is 36.1 Å². The standard InChI is InChI=1S/C32H41N7O4S/c1-32(2,3)12-17-38-29(42)25(44-30(38)22-7-4-5-8-23(22)37-18-14-33-20-27(37)41)19-26(40)36-15-10-21(11-16-36)39-24-9-6-13-34-28(24)35-31(39)43/h4-9,13,21,25,30,33H,10-12,14-20H2,1-3H3,(H,34,35,43)/t25-,30?/m0/s1. The number of para-hydroxylation sites is 1. The fraction of sp³-hybridized carbons (Fsp3) is 0.531. The number of hydrogen-bond acceptors (Lipinski definition) is 7. The average molecular weight is 620 g/mol. The number of pyridine rings is 1. The van der Waals surface area contributed by atoms with Crippen molar-refractivity contribution >= 4 is 46.3 Å². The number of hydrogen-bond donors (Lipinski definition) is 2. The van der Waals surface area contributed by atoms with Crippen molar-refractivity contribution in [3.05, 3.63) is 58.6 Å². The molecule has 3 aliphatic rings. The second kappa shape index (κ2) is 12.4. The third-order valence-electron chi connectivity index (χ3n) is 8.85. The van der Waals surface area contributed by atoms with Crippen LogP contribution < -0.4 is 15.9 Å². The van der Waals surface area contributed by atoms with E-state index in [0.717, 1.165) is 23.2 Å². The van der Waals surface area contributed by atoms with Crippen LogP contribution in [0.3, 0.4) is 0 Å². The monoisotopic (exact) mass is 619 g/mol. The van der Waals surface area contributed by atoms with Crippen molar-refractivity contribution in [2.24, 2.45) is 5.41 Å². The van der Waals surface area contributed by atoms with Crippen molar-refractivity contribution in [1.29, 1.82) is 0 Å². The van der Waals surface area contributed by atoms with E-state index in [4.69, 9.17) is 0 Å². The molecular formula is C32H41N7O4S. The zero-order valence-corrected chi connectivity index (χ0v) is 26.4. The van der Waals surface area contributed by atoms with Crippen molar-refractivity contribution in [3.63, 3.8) is 0 Å². The van der Waals surface area contributed by atoms with E-state index in [9.17, 15) is 19.2 Å². The first-order chi connectivity index (χ1) is 21.1. The number of piperidine rings is 1. The van der Waals surface area contributed by atoms with Gasteiger partial charge in [-0.1, -0.05) is 39.0 Å². The van der Waals surface area contributed by atoms with Crippen molar-refractivity contribution in [1.82, 2.24) is 29.7 Å². The molecule has 0 aliphatic carbocycles. The van der Waals surface area contributed by atoms with Crippen LogP contribution in [-0.4, -0.2) is 86.6 Å². The predicted octanol–water partition coefficient (Wildman–Crippen LogP) is 3.29. The van der Waals surface area contributed by atoms with Gasteiger partial charge in [0, 0.05) is 62.6 Å². The number of imidazole rings is 1. The normalized spacial score (nSPS) is 21.9. The first-order valence-corrected chi connectivity index (χ1v) is 16.4. The molecule has 3 saturated heterocycles. The number of aromatic nitrogens is 3. The number of amides is 3. The fourth-order valence-electron chi connectivity index (χ4n) is 6.43. The smallest absolute Gasteiger partial charge is 0.327 e. The van der Waals surface area contributed by atoms with E-state index in [1.165, 1.54) is 11.8 Å². The summed E-state index contributed by atoms with van der Waals surface area (Å²) >= 11 is 1.52. The maximum atomic E-state index is 13.9. The molecule has 1 aromatic carbocycles. The number of piperazine rings is 1. The Morgan fingerprint density at radius 3 is 2.57 bits per heavy atom. The lowest BCUT2D eigenvalue weighted by Gasteiger charge is -2.33. The Morgan fingerprint density at radius 1 is 1.05 bits per heavy atom. The minimum Gasteiger partial charge on any atom is -0.342 e. The third kappa shape index (κ3) is 6.14. The van der Waals surface area contributed by atoms with Gasteiger partial charge in [-0.15, -0.1) is 11.8 Å². The van der Waals surface area contributed by atoms with Crippen molar-refractivity contribution in [2.45, 2.75) is 63.1 Å². The number of nitrogens with zero attached hydrogens (tertiary/aromatic N) is 5. The van der Waals surface area contributed by atoms with Crippen LogP contribution in [0.4, 0.5) is 5.69 Å². The number of carbonyl (C=O) groups is 3. The molecule has 11 nitrogen and oxygen atoms in total. The Labute approximate surface area is 261 Å². The molecule has 2 N–H and O–H groups in total. The van der Waals surface area contributed by atoms with Gasteiger partial charge in [0.15, 0.2) is 5.65 Å². The lowest BCUT2D eigenvalue weighted by molar-refractivity contribution is -0.136. The van der Waals surface area contributed by atoms with Gasteiger partial charge in [0.25, 0.3) is 0 Å². The Balaban J connectivity index is 1.17. The number of carbonyl (C=O) groups excluding carboxylic acids is 3. The number of thioether (sulfide) groups is 1. The maximum absolute atomic E-state index is 13.9. The zero-order valence-electron chi connectivity index (χ0n) is 25.6. The minimum atomic E-state index is -0.501. The van der Waals surface area contributed by atoms with Crippen LogP contribution in [0, 0.1) is 5.41 Å². The lowest BCUT2D eigenvalue weighted by atomic mass is 9.92. The van der Waals surface area contributed by atoms with Gasteiger partial charge in [0.1, 0.15) is 5.37 Å². The fourth-order valence-corrected chi connectivity index (χ4v) is 7.94. The Bertz CT molecular complexity index is 1600. The Hall–Kier alpha value is -3.64. The van der Waals surface area contributed by atoms with Crippen LogP contribution in [0.25, 0.3) is 11.2 Å². The van der Waals surface area contributed by atoms with Crippen molar-refractivity contribution in [3.8, 4) is 0 Å². The molecule has 0 saturated carbocycles. The molecule has 0 spiro atoms. The molecule has 3 aliphatic heterocycles. The summed E-state index contributed by atoms with van der Waals surface area (Å²) in [6.07, 6.45) is 3.92. The molecule has 3 fully saturated rings. The van der Waals surface area contributed by atoms with Gasteiger partial charge < -0.3 is 20.0 Å². The summed E-state index contributed by atoms with van der Waals surface area (Å²) in [7, 11) is 0. The highest BCUT2D eigenvalue weighted by Gasteiger charge is 2.44. The minimum absolute atomic E-state index is 0.0144. The SMILES string of the molecule is CC(C)(C)CCN1C(=O)[C@H](CC(=O)N2CCC(n3c(=O)[nH]c4ncccc43)CC2)SC1c1ccccc1N1CCNCC1=O. The van der Waals surface area contributed by atoms with Crippen LogP contribution in [0.2, 0.25) is 0 Å². The third-order valence-corrected chi connectivity index (χ3v) is 10.3. The number of anilines is 1. The van der Waals surface area contributed by atoms with Gasteiger partial charge >= 0.3 is 5.69 Å². The summed E-state index contributed by atoms with van der Waals surface area (Å²) in [4.78, 5) is 65.7. The van der Waals surface area contributed by atoms with E-state index in [0.29, 0.717) is 57.8 Å². The van der Waals surface area contributed by atoms with Crippen molar-refractivity contribution < 1.29 is 14.4 Å². The molecule has 44 heavy (non-hydrogen) atoms. The van der Waals surface area contributed by atoms with Crippen molar-refractivity contribution in [2.75, 3.05) is 44.2 Å². The molecule has 1 unspecified atom stereocenters. The molecule has 0 radical (unpaired) electrons. The first kappa shape index (κ1) is 30.4. The van der Waals surface area contributed by atoms with Gasteiger partial charge in [0.05, 0.1) is 17.3 Å². The molecule has 12 heteroatoms. The largest absolute Gasteiger partial charge is 0.342 e. The second-order valence-corrected chi connectivity index (χ2v) is 14.4. The summed E-state index contributed by atoms with van der Waals surface area (Å²) in [5.41, 5.74) is 2.97. The van der Waals surface area contributed by atoms with Crippen LogP contribution in [0.15, 0.2) is 47.4 Å². The van der Waals surface area contributed by atoms with Gasteiger partial charge in [-0.3, -0.25) is 23.9 Å². The number of benzene rings is 1. The molecule has 3 aromatic rings. The number of rotatable bonds is 7. The van der Waals surface area contributed by atoms with E-state index in [1.807, 2.05) is 51.1 Å². The van der Waals surface area contributed by atoms with E-state index in [1.54, 1.807) is 10.8 Å². The van der Waals surface area contributed by atoms with Gasteiger partial charge in [0.2, 0.25) is 17.7 Å². The van der Waals surface area contributed by atoms with E-state index >= 15 is 0 Å². The zero-order chi connectivity index (χ0) is 31.0. The molecule has 0 bridgehead atoms. The van der Waals surface area contributed by atoms with Gasteiger partial charge in [-0.2, -0.15) is 0 Å². The number of fused-ring (bicyclic) bond motifs is 1. The second-order valence-electron chi connectivity index (χ2n) is 13.1. The van der Waals surface area contributed by atoms with E-state index in [-0.39, 0.29) is 46.7 Å². The predicted molar refractivity (Wildman–Crippen MR) is 171 cm³/mol. The Morgan fingerprint density at radius 2 is 1.82 bits per heavy atom. The lowest BCUT2D eigenvalue weighted by Crippen LogP contribution is -2.48. The topological polar surface area (TPSA) is 124 Å². The molecule has 2 aromatic heterocycles. The van der Waals surface area contributed by atoms with Crippen LogP contribution >= 0.6 is 11.8 Å². The summed E-state index contributed by atoms with van der Waals surface area (Å²) < 4.78 is 1.76. The first-order valence-electron chi connectivity index (χ1n) is 15.5. The molecule has 5 heterocycles. The summed E-state index contributed by atoms with van der Waals surface area (Å²) in [6.45, 7) is 9.69. The van der Waals surface area contributed by atoms with Crippen LogP contribution in [-0.2, 0) is 14.4 Å². The summed E-state index contributed by atoms with van der Waals surface area (Å²) in [5, 5.41) is 2.35. The highest BCUT2D eigenvalue weighted by Crippen LogP contribution is 2.48. The van der Waals surface area contributed by atoms with E-state index < -0.39 is 5.25 Å². The summed E-state index contributed by atoms with van der Waals surface area (Å²) in [6, 6.07) is 11.5. The molecular weight excluding hydrogens is 578 g/mol. The van der Waals surface area contributed by atoms with Crippen LogP contribution in [0.5, 0.6) is 0 Å². The number of nitrogens with one attached hydrogen (secondary N) is 2.